The van der Waals surface area contributed by atoms with Crippen molar-refractivity contribution in [2.75, 3.05) is 59.1 Å². The Morgan fingerprint density at radius 1 is 1.16 bits per heavy atom. The summed E-state index contributed by atoms with van der Waals surface area (Å²) in [5.41, 5.74) is 1.15. The molecule has 0 N–H and O–H groups in total. The lowest BCUT2D eigenvalue weighted by Crippen LogP contribution is -2.43. The molecule has 176 valence electrons. The van der Waals surface area contributed by atoms with Crippen LogP contribution in [-0.2, 0) is 30.3 Å². The second-order valence-corrected chi connectivity index (χ2v) is 8.35. The van der Waals surface area contributed by atoms with Crippen molar-refractivity contribution in [3.63, 3.8) is 0 Å². The normalized spacial score (nSPS) is 21.5. The fourth-order valence-corrected chi connectivity index (χ4v) is 4.22. The summed E-state index contributed by atoms with van der Waals surface area (Å²) in [6.45, 7) is 7.26. The molecule has 2 heterocycles. The Kier molecular flexibility index (Phi) is 9.05. The predicted molar refractivity (Wildman–Crippen MR) is 120 cm³/mol. The maximum absolute atomic E-state index is 13.0. The van der Waals surface area contributed by atoms with Gasteiger partial charge in [-0.15, -0.1) is 0 Å². The third-order valence-electron chi connectivity index (χ3n) is 6.19. The van der Waals surface area contributed by atoms with E-state index in [4.69, 9.17) is 9.47 Å². The van der Waals surface area contributed by atoms with Gasteiger partial charge in [0.15, 0.2) is 0 Å². The molecular weight excluding hydrogens is 410 g/mol. The first-order valence-corrected chi connectivity index (χ1v) is 11.6. The molecule has 0 unspecified atom stereocenters. The van der Waals surface area contributed by atoms with Gasteiger partial charge in [0.1, 0.15) is 6.61 Å². The lowest BCUT2D eigenvalue weighted by molar-refractivity contribution is -0.142. The summed E-state index contributed by atoms with van der Waals surface area (Å²) in [5.74, 6) is -0.445. The van der Waals surface area contributed by atoms with Crippen molar-refractivity contribution < 1.29 is 23.9 Å². The van der Waals surface area contributed by atoms with Gasteiger partial charge in [-0.2, -0.15) is 0 Å². The highest BCUT2D eigenvalue weighted by Gasteiger charge is 2.35. The standard InChI is InChI=1S/C24H35N3O5/c1-3-25(4-2)23(29)18-32-21-14-26(12-10-19-8-6-5-7-9-19)22(28)16-27(15-21)24(30)20-11-13-31-17-20/h5-9,20-21H,3-4,10-18H2,1-2H3/t20-,21-/m1/s1. The minimum absolute atomic E-state index is 0.0357. The molecule has 3 rings (SSSR count). The van der Waals surface area contributed by atoms with Crippen molar-refractivity contribution in [2.45, 2.75) is 32.8 Å². The van der Waals surface area contributed by atoms with Crippen LogP contribution in [0.25, 0.3) is 0 Å². The first-order valence-electron chi connectivity index (χ1n) is 11.6. The summed E-state index contributed by atoms with van der Waals surface area (Å²) >= 11 is 0. The summed E-state index contributed by atoms with van der Waals surface area (Å²) in [5, 5.41) is 0. The van der Waals surface area contributed by atoms with Crippen LogP contribution >= 0.6 is 0 Å². The molecule has 0 radical (unpaired) electrons. The van der Waals surface area contributed by atoms with Gasteiger partial charge in [-0.1, -0.05) is 30.3 Å². The minimum atomic E-state index is -0.414. The number of hydrogen-bond acceptors (Lipinski definition) is 5. The Balaban J connectivity index is 1.68. The van der Waals surface area contributed by atoms with E-state index < -0.39 is 6.10 Å². The van der Waals surface area contributed by atoms with Gasteiger partial charge in [-0.05, 0) is 32.3 Å². The molecule has 0 bridgehead atoms. The van der Waals surface area contributed by atoms with Crippen molar-refractivity contribution in [3.05, 3.63) is 35.9 Å². The molecule has 32 heavy (non-hydrogen) atoms. The second kappa shape index (κ2) is 12.0. The van der Waals surface area contributed by atoms with Crippen molar-refractivity contribution >= 4 is 17.7 Å². The zero-order chi connectivity index (χ0) is 22.9. The van der Waals surface area contributed by atoms with Crippen LogP contribution in [0.2, 0.25) is 0 Å². The number of hydrogen-bond donors (Lipinski definition) is 0. The Bertz CT molecular complexity index is 762. The highest BCUT2D eigenvalue weighted by atomic mass is 16.5. The van der Waals surface area contributed by atoms with E-state index in [-0.39, 0.29) is 36.8 Å². The molecule has 2 aliphatic rings. The van der Waals surface area contributed by atoms with Crippen molar-refractivity contribution in [3.8, 4) is 0 Å². The first-order chi connectivity index (χ1) is 15.5. The highest BCUT2D eigenvalue weighted by Crippen LogP contribution is 2.18. The van der Waals surface area contributed by atoms with Crippen molar-refractivity contribution in [2.24, 2.45) is 5.92 Å². The average Bonchev–Trinajstić information content (AvgIpc) is 3.29. The fraction of sp³-hybridized carbons (Fsp3) is 0.625. The monoisotopic (exact) mass is 445 g/mol. The van der Waals surface area contributed by atoms with Gasteiger partial charge in [0.2, 0.25) is 17.7 Å². The number of rotatable bonds is 9. The lowest BCUT2D eigenvalue weighted by Gasteiger charge is -2.27. The van der Waals surface area contributed by atoms with Gasteiger partial charge in [0.05, 0.1) is 25.2 Å². The number of carbonyl (C=O) groups is 3. The zero-order valence-corrected chi connectivity index (χ0v) is 19.2. The van der Waals surface area contributed by atoms with E-state index in [1.165, 1.54) is 0 Å². The molecule has 3 amide bonds. The third-order valence-corrected chi connectivity index (χ3v) is 6.19. The summed E-state index contributed by atoms with van der Waals surface area (Å²) in [6.07, 6.45) is 0.984. The summed E-state index contributed by atoms with van der Waals surface area (Å²) in [7, 11) is 0. The lowest BCUT2D eigenvalue weighted by atomic mass is 10.1. The van der Waals surface area contributed by atoms with E-state index in [0.29, 0.717) is 52.4 Å². The Morgan fingerprint density at radius 2 is 1.91 bits per heavy atom. The molecule has 1 aromatic rings. The van der Waals surface area contributed by atoms with Crippen LogP contribution in [0.1, 0.15) is 25.8 Å². The number of amides is 3. The number of benzene rings is 1. The van der Waals surface area contributed by atoms with Crippen LogP contribution in [0.5, 0.6) is 0 Å². The van der Waals surface area contributed by atoms with E-state index in [1.807, 2.05) is 44.2 Å². The van der Waals surface area contributed by atoms with E-state index in [9.17, 15) is 14.4 Å². The van der Waals surface area contributed by atoms with Crippen LogP contribution < -0.4 is 0 Å². The quantitative estimate of drug-likeness (QED) is 0.571. The number of nitrogens with zero attached hydrogens (tertiary/aromatic N) is 3. The van der Waals surface area contributed by atoms with E-state index in [0.717, 1.165) is 12.0 Å². The molecule has 2 saturated heterocycles. The molecular formula is C24H35N3O5. The van der Waals surface area contributed by atoms with Crippen LogP contribution in [0.4, 0.5) is 0 Å². The molecule has 0 saturated carbocycles. The van der Waals surface area contributed by atoms with Crippen LogP contribution in [-0.4, -0.2) is 97.6 Å². The molecule has 0 spiro atoms. The molecule has 8 nitrogen and oxygen atoms in total. The van der Waals surface area contributed by atoms with E-state index in [1.54, 1.807) is 14.7 Å². The molecule has 2 aliphatic heterocycles. The maximum Gasteiger partial charge on any atom is 0.248 e. The van der Waals surface area contributed by atoms with Gasteiger partial charge in [-0.3, -0.25) is 14.4 Å². The van der Waals surface area contributed by atoms with Gasteiger partial charge in [-0.25, -0.2) is 0 Å². The zero-order valence-electron chi connectivity index (χ0n) is 19.2. The Labute approximate surface area is 190 Å². The summed E-state index contributed by atoms with van der Waals surface area (Å²) < 4.78 is 11.3. The molecule has 0 aliphatic carbocycles. The first kappa shape index (κ1) is 24.2. The molecule has 0 aromatic heterocycles. The Hall–Kier alpha value is -2.45. The van der Waals surface area contributed by atoms with Gasteiger partial charge in [0, 0.05) is 39.3 Å². The van der Waals surface area contributed by atoms with E-state index >= 15 is 0 Å². The van der Waals surface area contributed by atoms with Crippen molar-refractivity contribution in [1.82, 2.24) is 14.7 Å². The van der Waals surface area contributed by atoms with Gasteiger partial charge in [0.25, 0.3) is 0 Å². The number of carbonyl (C=O) groups excluding carboxylic acids is 3. The fourth-order valence-electron chi connectivity index (χ4n) is 4.22. The summed E-state index contributed by atoms with van der Waals surface area (Å²) in [4.78, 5) is 43.5. The van der Waals surface area contributed by atoms with Crippen molar-refractivity contribution in [1.29, 1.82) is 0 Å². The predicted octanol–water partition coefficient (Wildman–Crippen LogP) is 1.19. The van der Waals surface area contributed by atoms with E-state index in [2.05, 4.69) is 0 Å². The van der Waals surface area contributed by atoms with Crippen LogP contribution in [0.3, 0.4) is 0 Å². The molecule has 2 atom stereocenters. The van der Waals surface area contributed by atoms with Gasteiger partial charge < -0.3 is 24.2 Å². The average molecular weight is 446 g/mol. The highest BCUT2D eigenvalue weighted by molar-refractivity contribution is 5.86. The number of ether oxygens (including phenoxy) is 2. The molecule has 2 fully saturated rings. The third kappa shape index (κ3) is 6.53. The molecule has 8 heteroatoms. The van der Waals surface area contributed by atoms with Gasteiger partial charge >= 0.3 is 0 Å². The Morgan fingerprint density at radius 3 is 2.56 bits per heavy atom. The topological polar surface area (TPSA) is 79.4 Å². The van der Waals surface area contributed by atoms with Crippen LogP contribution in [0.15, 0.2) is 30.3 Å². The van der Waals surface area contributed by atoms with Crippen LogP contribution in [0, 0.1) is 5.92 Å². The smallest absolute Gasteiger partial charge is 0.248 e. The second-order valence-electron chi connectivity index (χ2n) is 8.35. The largest absolute Gasteiger partial charge is 0.381 e. The maximum atomic E-state index is 13.0. The number of likely N-dealkylation sites (N-methyl/N-ethyl adjacent to an activating group) is 1. The SMILES string of the molecule is CCN(CC)C(=O)CO[C@@H]1CN(CCc2ccccc2)C(=O)CN(C(=O)[C@@H]2CCOC2)C1. The summed E-state index contributed by atoms with van der Waals surface area (Å²) in [6, 6.07) is 10.0. The molecule has 1 aromatic carbocycles. The minimum Gasteiger partial charge on any atom is -0.381 e.